The van der Waals surface area contributed by atoms with Gasteiger partial charge in [-0.15, -0.1) is 0 Å². The van der Waals surface area contributed by atoms with Crippen LogP contribution in [0.1, 0.15) is 5.56 Å². The number of nitrogens with zero attached hydrogens (tertiary/aromatic N) is 1. The summed E-state index contributed by atoms with van der Waals surface area (Å²) < 4.78 is 1.98. The number of H-pyrrole nitrogens is 1. The van der Waals surface area contributed by atoms with Gasteiger partial charge in [0.05, 0.1) is 5.69 Å². The van der Waals surface area contributed by atoms with Crippen molar-refractivity contribution in [3.05, 3.63) is 64.6 Å². The fourth-order valence-electron chi connectivity index (χ4n) is 1.96. The van der Waals surface area contributed by atoms with E-state index in [1.54, 1.807) is 18.3 Å². The third kappa shape index (κ3) is 1.65. The number of imidazole rings is 1. The van der Waals surface area contributed by atoms with E-state index >= 15 is 0 Å². The predicted octanol–water partition coefficient (Wildman–Crippen LogP) is 2.60. The van der Waals surface area contributed by atoms with Crippen LogP contribution in [0.25, 0.3) is 16.9 Å². The molecule has 3 nitrogen and oxygen atoms in total. The molecule has 2 aromatic heterocycles. The second-order valence-electron chi connectivity index (χ2n) is 4.16. The molecule has 1 aromatic carbocycles. The average molecular weight is 224 g/mol. The zero-order chi connectivity index (χ0) is 11.8. The molecule has 0 amide bonds. The van der Waals surface area contributed by atoms with Crippen molar-refractivity contribution in [2.45, 2.75) is 6.92 Å². The Morgan fingerprint density at radius 3 is 2.65 bits per heavy atom. The van der Waals surface area contributed by atoms with Gasteiger partial charge in [-0.3, -0.25) is 4.79 Å². The van der Waals surface area contributed by atoms with Crippen LogP contribution in [-0.4, -0.2) is 9.38 Å². The monoisotopic (exact) mass is 224 g/mol. The Bertz CT molecular complexity index is 720. The standard InChI is InChI=1S/C14H12N2O/c1-10-2-4-11(5-3-10)13-9-15-14-8-12(17)6-7-16(13)14/h2-9,15H,1H3. The molecule has 1 N–H and O–H groups in total. The number of hydrogen-bond donors (Lipinski definition) is 1. The second-order valence-corrected chi connectivity index (χ2v) is 4.16. The van der Waals surface area contributed by atoms with Crippen LogP contribution in [0.2, 0.25) is 0 Å². The molecule has 0 aliphatic heterocycles. The van der Waals surface area contributed by atoms with Gasteiger partial charge in [-0.1, -0.05) is 29.8 Å². The first-order chi connectivity index (χ1) is 8.24. The summed E-state index contributed by atoms with van der Waals surface area (Å²) in [6, 6.07) is 11.5. The highest BCUT2D eigenvalue weighted by Crippen LogP contribution is 2.20. The minimum Gasteiger partial charge on any atom is -0.346 e. The molecule has 84 valence electrons. The van der Waals surface area contributed by atoms with E-state index in [1.165, 1.54) is 5.56 Å². The first-order valence-electron chi connectivity index (χ1n) is 5.51. The van der Waals surface area contributed by atoms with Gasteiger partial charge in [0.25, 0.3) is 0 Å². The Kier molecular flexibility index (Phi) is 2.11. The van der Waals surface area contributed by atoms with Crippen LogP contribution in [-0.2, 0) is 0 Å². The third-order valence-electron chi connectivity index (χ3n) is 2.89. The van der Waals surface area contributed by atoms with Gasteiger partial charge in [0, 0.05) is 30.1 Å². The highest BCUT2D eigenvalue weighted by Gasteiger charge is 2.04. The van der Waals surface area contributed by atoms with E-state index in [0.29, 0.717) is 0 Å². The number of benzene rings is 1. The Hall–Kier alpha value is -2.29. The zero-order valence-electron chi connectivity index (χ0n) is 9.47. The number of aromatic nitrogens is 2. The first-order valence-corrected chi connectivity index (χ1v) is 5.51. The second kappa shape index (κ2) is 3.63. The minimum atomic E-state index is 0.0160. The summed E-state index contributed by atoms with van der Waals surface area (Å²) in [4.78, 5) is 14.3. The fraction of sp³-hybridized carbons (Fsp3) is 0.0714. The van der Waals surface area contributed by atoms with Crippen molar-refractivity contribution in [1.29, 1.82) is 0 Å². The highest BCUT2D eigenvalue weighted by atomic mass is 16.1. The predicted molar refractivity (Wildman–Crippen MR) is 68.2 cm³/mol. The molecule has 3 rings (SSSR count). The largest absolute Gasteiger partial charge is 0.346 e. The van der Waals surface area contributed by atoms with Gasteiger partial charge in [-0.05, 0) is 6.92 Å². The van der Waals surface area contributed by atoms with Gasteiger partial charge in [0.1, 0.15) is 5.65 Å². The highest BCUT2D eigenvalue weighted by molar-refractivity contribution is 5.63. The molecule has 0 saturated heterocycles. The Balaban J connectivity index is 2.24. The molecular weight excluding hydrogens is 212 g/mol. The molecular formula is C14H12N2O. The van der Waals surface area contributed by atoms with Crippen LogP contribution in [0.15, 0.2) is 53.6 Å². The van der Waals surface area contributed by atoms with Crippen LogP contribution in [0.3, 0.4) is 0 Å². The number of nitrogens with one attached hydrogen (secondary N) is 1. The van der Waals surface area contributed by atoms with Gasteiger partial charge in [0.2, 0.25) is 0 Å². The van der Waals surface area contributed by atoms with E-state index in [1.807, 2.05) is 10.6 Å². The Morgan fingerprint density at radius 2 is 1.88 bits per heavy atom. The lowest BCUT2D eigenvalue weighted by Gasteiger charge is -2.01. The van der Waals surface area contributed by atoms with Gasteiger partial charge in [-0.2, -0.15) is 0 Å². The molecule has 0 aliphatic carbocycles. The van der Waals surface area contributed by atoms with Crippen LogP contribution in [0, 0.1) is 6.92 Å². The molecule has 0 fully saturated rings. The van der Waals surface area contributed by atoms with Gasteiger partial charge in [-0.25, -0.2) is 0 Å². The lowest BCUT2D eigenvalue weighted by molar-refractivity contribution is 1.18. The summed E-state index contributed by atoms with van der Waals surface area (Å²) in [5, 5.41) is 0. The lowest BCUT2D eigenvalue weighted by Crippen LogP contribution is -1.99. The van der Waals surface area contributed by atoms with Gasteiger partial charge in [0.15, 0.2) is 5.43 Å². The smallest absolute Gasteiger partial charge is 0.183 e. The SMILES string of the molecule is Cc1ccc(-c2c[nH]c3cc(=O)ccn23)cc1. The fourth-order valence-corrected chi connectivity index (χ4v) is 1.96. The number of aromatic amines is 1. The van der Waals surface area contributed by atoms with Gasteiger partial charge < -0.3 is 9.38 Å². The maximum atomic E-state index is 11.2. The molecule has 0 atom stereocenters. The van der Waals surface area contributed by atoms with Crippen LogP contribution < -0.4 is 5.43 Å². The van der Waals surface area contributed by atoms with E-state index in [4.69, 9.17) is 0 Å². The summed E-state index contributed by atoms with van der Waals surface area (Å²) in [7, 11) is 0. The molecule has 2 heterocycles. The molecule has 3 heteroatoms. The Morgan fingerprint density at radius 1 is 1.12 bits per heavy atom. The molecule has 3 aromatic rings. The van der Waals surface area contributed by atoms with Gasteiger partial charge >= 0.3 is 0 Å². The summed E-state index contributed by atoms with van der Waals surface area (Å²) >= 11 is 0. The molecule has 0 bridgehead atoms. The summed E-state index contributed by atoms with van der Waals surface area (Å²) in [6.07, 6.45) is 3.71. The van der Waals surface area contributed by atoms with E-state index < -0.39 is 0 Å². The third-order valence-corrected chi connectivity index (χ3v) is 2.89. The van der Waals surface area contributed by atoms with Crippen LogP contribution in [0.4, 0.5) is 0 Å². The normalized spacial score (nSPS) is 10.9. The lowest BCUT2D eigenvalue weighted by atomic mass is 10.1. The molecule has 0 aliphatic rings. The molecule has 0 spiro atoms. The van der Waals surface area contributed by atoms with Crippen molar-refractivity contribution in [2.24, 2.45) is 0 Å². The minimum absolute atomic E-state index is 0.0160. The summed E-state index contributed by atoms with van der Waals surface area (Å²) in [5.41, 5.74) is 4.25. The number of rotatable bonds is 1. The van der Waals surface area contributed by atoms with Crippen molar-refractivity contribution < 1.29 is 0 Å². The number of hydrogen-bond acceptors (Lipinski definition) is 1. The van der Waals surface area contributed by atoms with Crippen molar-refractivity contribution in [2.75, 3.05) is 0 Å². The maximum Gasteiger partial charge on any atom is 0.183 e. The van der Waals surface area contributed by atoms with E-state index in [0.717, 1.165) is 16.9 Å². The van der Waals surface area contributed by atoms with E-state index in [9.17, 15) is 4.79 Å². The van der Waals surface area contributed by atoms with Crippen LogP contribution >= 0.6 is 0 Å². The average Bonchev–Trinajstić information content (AvgIpc) is 2.73. The van der Waals surface area contributed by atoms with Crippen LogP contribution in [0.5, 0.6) is 0 Å². The van der Waals surface area contributed by atoms with Crippen molar-refractivity contribution in [3.63, 3.8) is 0 Å². The summed E-state index contributed by atoms with van der Waals surface area (Å²) in [5.74, 6) is 0. The summed E-state index contributed by atoms with van der Waals surface area (Å²) in [6.45, 7) is 2.07. The quantitative estimate of drug-likeness (QED) is 0.677. The number of fused-ring (bicyclic) bond motifs is 1. The molecule has 17 heavy (non-hydrogen) atoms. The van der Waals surface area contributed by atoms with E-state index in [2.05, 4.69) is 36.2 Å². The number of pyridine rings is 1. The molecule has 0 saturated carbocycles. The van der Waals surface area contributed by atoms with E-state index in [-0.39, 0.29) is 5.43 Å². The zero-order valence-corrected chi connectivity index (χ0v) is 9.47. The maximum absolute atomic E-state index is 11.2. The molecule has 0 unspecified atom stereocenters. The van der Waals surface area contributed by atoms with Crippen molar-refractivity contribution in [3.8, 4) is 11.3 Å². The Labute approximate surface area is 98.4 Å². The van der Waals surface area contributed by atoms with Crippen molar-refractivity contribution >= 4 is 5.65 Å². The van der Waals surface area contributed by atoms with Crippen molar-refractivity contribution in [1.82, 2.24) is 9.38 Å². The molecule has 0 radical (unpaired) electrons. The topological polar surface area (TPSA) is 37.3 Å². The number of aryl methyl sites for hydroxylation is 1. The first kappa shape index (κ1) is 9.90.